The number of aromatic nitrogens is 2. The van der Waals surface area contributed by atoms with E-state index in [9.17, 15) is 10.1 Å². The van der Waals surface area contributed by atoms with Gasteiger partial charge in [-0.1, -0.05) is 0 Å². The molecule has 0 spiro atoms. The molecule has 1 aromatic heterocycles. The van der Waals surface area contributed by atoms with Crippen LogP contribution >= 0.6 is 0 Å². The molecule has 90 valence electrons. The van der Waals surface area contributed by atoms with Gasteiger partial charge in [0, 0.05) is 12.6 Å². The number of fused-ring (bicyclic) bond motifs is 2. The van der Waals surface area contributed by atoms with Crippen molar-refractivity contribution in [3.63, 3.8) is 0 Å². The van der Waals surface area contributed by atoms with Gasteiger partial charge in [-0.15, -0.1) is 0 Å². The maximum Gasteiger partial charge on any atom is 0.353 e. The van der Waals surface area contributed by atoms with Crippen molar-refractivity contribution in [2.75, 3.05) is 17.2 Å². The molecule has 0 radical (unpaired) electrons. The van der Waals surface area contributed by atoms with Crippen molar-refractivity contribution in [2.45, 2.75) is 25.3 Å². The van der Waals surface area contributed by atoms with Gasteiger partial charge in [0.25, 0.3) is 0 Å². The molecule has 2 N–H and O–H groups in total. The van der Waals surface area contributed by atoms with Crippen molar-refractivity contribution in [3.05, 3.63) is 16.4 Å². The Morgan fingerprint density at radius 2 is 2.29 bits per heavy atom. The molecule has 7 nitrogen and oxygen atoms in total. The van der Waals surface area contributed by atoms with E-state index in [1.807, 2.05) is 4.90 Å². The molecule has 1 aliphatic carbocycles. The smallest absolute Gasteiger partial charge is 0.353 e. The highest BCUT2D eigenvalue weighted by Gasteiger charge is 2.41. The van der Waals surface area contributed by atoms with Crippen LogP contribution in [0, 0.1) is 16.0 Å². The average Bonchev–Trinajstić information content (AvgIpc) is 2.89. The molecule has 0 aromatic carbocycles. The van der Waals surface area contributed by atoms with Gasteiger partial charge in [0.2, 0.25) is 11.6 Å². The molecule has 2 heterocycles. The van der Waals surface area contributed by atoms with Gasteiger partial charge >= 0.3 is 5.69 Å². The first kappa shape index (κ1) is 10.2. The predicted octanol–water partition coefficient (Wildman–Crippen LogP) is 0.956. The van der Waals surface area contributed by atoms with Crippen molar-refractivity contribution in [3.8, 4) is 0 Å². The predicted molar refractivity (Wildman–Crippen MR) is 61.6 cm³/mol. The third-order valence-corrected chi connectivity index (χ3v) is 3.70. The van der Waals surface area contributed by atoms with Crippen molar-refractivity contribution < 1.29 is 4.92 Å². The Balaban J connectivity index is 2.03. The van der Waals surface area contributed by atoms with Gasteiger partial charge in [-0.25, -0.2) is 9.97 Å². The van der Waals surface area contributed by atoms with Crippen LogP contribution in [0.1, 0.15) is 19.3 Å². The molecule has 3 rings (SSSR count). The van der Waals surface area contributed by atoms with Gasteiger partial charge in [0.1, 0.15) is 6.33 Å². The number of anilines is 2. The summed E-state index contributed by atoms with van der Waals surface area (Å²) in [4.78, 5) is 20.3. The van der Waals surface area contributed by atoms with Crippen molar-refractivity contribution in [1.82, 2.24) is 9.97 Å². The molecule has 2 atom stereocenters. The molecular formula is C10H13N5O2. The van der Waals surface area contributed by atoms with Gasteiger partial charge in [0.15, 0.2) is 0 Å². The van der Waals surface area contributed by atoms with Gasteiger partial charge in [0.05, 0.1) is 4.92 Å². The maximum atomic E-state index is 11.0. The molecule has 1 aliphatic heterocycles. The van der Waals surface area contributed by atoms with E-state index in [1.165, 1.54) is 12.7 Å². The van der Waals surface area contributed by atoms with Crippen LogP contribution in [0.5, 0.6) is 0 Å². The Kier molecular flexibility index (Phi) is 2.13. The van der Waals surface area contributed by atoms with Crippen molar-refractivity contribution in [2.24, 2.45) is 5.92 Å². The summed E-state index contributed by atoms with van der Waals surface area (Å²) >= 11 is 0. The monoisotopic (exact) mass is 235 g/mol. The molecular weight excluding hydrogens is 222 g/mol. The van der Waals surface area contributed by atoms with Crippen molar-refractivity contribution in [1.29, 1.82) is 0 Å². The summed E-state index contributed by atoms with van der Waals surface area (Å²) in [7, 11) is 0. The van der Waals surface area contributed by atoms with E-state index in [1.54, 1.807) is 0 Å². The second-order valence-corrected chi connectivity index (χ2v) is 4.67. The van der Waals surface area contributed by atoms with Gasteiger partial charge in [-0.3, -0.25) is 10.1 Å². The molecule has 17 heavy (non-hydrogen) atoms. The number of nitro groups is 1. The number of rotatable bonds is 2. The van der Waals surface area contributed by atoms with Crippen LogP contribution in [-0.2, 0) is 0 Å². The highest BCUT2D eigenvalue weighted by atomic mass is 16.6. The molecule has 0 amide bonds. The van der Waals surface area contributed by atoms with Crippen LogP contribution in [-0.4, -0.2) is 27.5 Å². The van der Waals surface area contributed by atoms with E-state index in [0.29, 0.717) is 17.8 Å². The zero-order chi connectivity index (χ0) is 12.0. The molecule has 1 saturated carbocycles. The van der Waals surface area contributed by atoms with E-state index in [4.69, 9.17) is 5.73 Å². The Morgan fingerprint density at radius 3 is 2.88 bits per heavy atom. The molecule has 1 aromatic rings. The van der Waals surface area contributed by atoms with Gasteiger partial charge in [-0.2, -0.15) is 0 Å². The normalized spacial score (nSPS) is 26.5. The van der Waals surface area contributed by atoms with Gasteiger partial charge < -0.3 is 10.6 Å². The number of nitrogens with zero attached hydrogens (tertiary/aromatic N) is 4. The lowest BCUT2D eigenvalue weighted by molar-refractivity contribution is -0.383. The zero-order valence-electron chi connectivity index (χ0n) is 9.24. The van der Waals surface area contributed by atoms with E-state index in [-0.39, 0.29) is 11.5 Å². The summed E-state index contributed by atoms with van der Waals surface area (Å²) in [6.45, 7) is 0.849. The summed E-state index contributed by atoms with van der Waals surface area (Å²) < 4.78 is 0. The number of piperidine rings is 1. The van der Waals surface area contributed by atoms with Crippen LogP contribution in [0.2, 0.25) is 0 Å². The number of hydrogen-bond acceptors (Lipinski definition) is 6. The van der Waals surface area contributed by atoms with E-state index < -0.39 is 4.92 Å². The largest absolute Gasteiger partial charge is 0.378 e. The molecule has 1 saturated heterocycles. The molecule has 7 heteroatoms. The standard InChI is InChI=1S/C10H13N5O2/c11-9-8(15(16)17)10(13-5-12-9)14-4-6-1-2-7(14)3-6/h5-7H,1-4H2,(H2,11,12,13). The lowest BCUT2D eigenvalue weighted by Crippen LogP contribution is -2.33. The van der Waals surface area contributed by atoms with E-state index in [2.05, 4.69) is 9.97 Å². The second-order valence-electron chi connectivity index (χ2n) is 4.67. The summed E-state index contributed by atoms with van der Waals surface area (Å²) in [6, 6.07) is 0.382. The van der Waals surface area contributed by atoms with Crippen LogP contribution in [0.25, 0.3) is 0 Å². The first-order chi connectivity index (χ1) is 8.16. The fourth-order valence-corrected chi connectivity index (χ4v) is 2.95. The van der Waals surface area contributed by atoms with Crippen LogP contribution < -0.4 is 10.6 Å². The highest BCUT2D eigenvalue weighted by molar-refractivity contribution is 5.69. The van der Waals surface area contributed by atoms with Crippen molar-refractivity contribution >= 4 is 17.3 Å². The SMILES string of the molecule is Nc1ncnc(N2CC3CCC2C3)c1[N+](=O)[O-]. The molecule has 2 unspecified atom stereocenters. The third-order valence-electron chi connectivity index (χ3n) is 3.70. The summed E-state index contributed by atoms with van der Waals surface area (Å²) in [5.41, 5.74) is 5.42. The molecule has 2 bridgehead atoms. The Hall–Kier alpha value is -1.92. The number of nitrogen functional groups attached to an aromatic ring is 1. The Bertz CT molecular complexity index is 478. The van der Waals surface area contributed by atoms with Crippen LogP contribution in [0.4, 0.5) is 17.3 Å². The third kappa shape index (κ3) is 1.49. The second kappa shape index (κ2) is 3.54. The topological polar surface area (TPSA) is 98.2 Å². The van der Waals surface area contributed by atoms with Crippen LogP contribution in [0.3, 0.4) is 0 Å². The minimum Gasteiger partial charge on any atom is -0.378 e. The zero-order valence-corrected chi connectivity index (χ0v) is 9.24. The Labute approximate surface area is 97.8 Å². The quantitative estimate of drug-likeness (QED) is 0.605. The average molecular weight is 235 g/mol. The lowest BCUT2D eigenvalue weighted by Gasteiger charge is -2.27. The number of nitrogens with two attached hydrogens (primary N) is 1. The summed E-state index contributed by atoms with van der Waals surface area (Å²) in [5, 5.41) is 11.0. The molecule has 2 aliphatic rings. The highest BCUT2D eigenvalue weighted by Crippen LogP contribution is 2.42. The minimum atomic E-state index is -0.489. The van der Waals surface area contributed by atoms with Crippen LogP contribution in [0.15, 0.2) is 6.33 Å². The fraction of sp³-hybridized carbons (Fsp3) is 0.600. The minimum absolute atomic E-state index is 0.0530. The summed E-state index contributed by atoms with van der Waals surface area (Å²) in [6.07, 6.45) is 4.71. The summed E-state index contributed by atoms with van der Waals surface area (Å²) in [5.74, 6) is 0.980. The number of hydrogen-bond donors (Lipinski definition) is 1. The van der Waals surface area contributed by atoms with Gasteiger partial charge in [-0.05, 0) is 25.2 Å². The lowest BCUT2D eigenvalue weighted by atomic mass is 10.1. The Morgan fingerprint density at radius 1 is 1.47 bits per heavy atom. The fourth-order valence-electron chi connectivity index (χ4n) is 2.95. The van der Waals surface area contributed by atoms with E-state index in [0.717, 1.165) is 19.4 Å². The maximum absolute atomic E-state index is 11.0. The first-order valence-electron chi connectivity index (χ1n) is 5.68. The van der Waals surface area contributed by atoms with E-state index >= 15 is 0 Å². The molecule has 2 fully saturated rings. The first-order valence-corrected chi connectivity index (χ1v) is 5.68.